The number of esters is 1. The molecule has 2 N–H and O–H groups in total. The maximum absolute atomic E-state index is 11.8. The zero-order valence-electron chi connectivity index (χ0n) is 12.3. The van der Waals surface area contributed by atoms with Gasteiger partial charge in [-0.3, -0.25) is 4.79 Å². The summed E-state index contributed by atoms with van der Waals surface area (Å²) >= 11 is 3.36. The van der Waals surface area contributed by atoms with E-state index in [-0.39, 0.29) is 18.4 Å². The predicted molar refractivity (Wildman–Crippen MR) is 88.8 cm³/mol. The lowest BCUT2D eigenvalue weighted by Gasteiger charge is -2.13. The van der Waals surface area contributed by atoms with Gasteiger partial charge < -0.3 is 15.2 Å². The molecule has 22 heavy (non-hydrogen) atoms. The first-order valence-corrected chi connectivity index (χ1v) is 7.76. The Morgan fingerprint density at radius 3 is 2.59 bits per heavy atom. The van der Waals surface area contributed by atoms with Crippen molar-refractivity contribution in [2.24, 2.45) is 5.73 Å². The third-order valence-electron chi connectivity index (χ3n) is 2.86. The maximum Gasteiger partial charge on any atom is 0.312 e. The summed E-state index contributed by atoms with van der Waals surface area (Å²) in [6.45, 7) is 2.16. The van der Waals surface area contributed by atoms with Crippen LogP contribution in [0.4, 0.5) is 0 Å². The molecule has 2 aromatic carbocycles. The second-order valence-electron chi connectivity index (χ2n) is 5.02. The van der Waals surface area contributed by atoms with E-state index in [1.54, 1.807) is 19.1 Å². The van der Waals surface area contributed by atoms with Crippen molar-refractivity contribution in [3.05, 3.63) is 58.6 Å². The molecule has 0 fully saturated rings. The van der Waals surface area contributed by atoms with Crippen LogP contribution in [0.3, 0.4) is 0 Å². The van der Waals surface area contributed by atoms with Crippen LogP contribution < -0.4 is 15.2 Å². The Kier molecular flexibility index (Phi) is 5.98. The molecule has 0 saturated carbocycles. The van der Waals surface area contributed by atoms with Gasteiger partial charge in [0.1, 0.15) is 6.61 Å². The highest BCUT2D eigenvalue weighted by Crippen LogP contribution is 2.31. The molecular weight excluding hydrogens is 346 g/mol. The van der Waals surface area contributed by atoms with Crippen molar-refractivity contribution in [2.75, 3.05) is 0 Å². The number of rotatable bonds is 6. The van der Waals surface area contributed by atoms with Crippen molar-refractivity contribution >= 4 is 21.9 Å². The van der Waals surface area contributed by atoms with E-state index in [9.17, 15) is 4.79 Å². The average molecular weight is 364 g/mol. The normalized spacial score (nSPS) is 11.8. The van der Waals surface area contributed by atoms with E-state index in [0.717, 1.165) is 10.0 Å². The molecule has 0 bridgehead atoms. The van der Waals surface area contributed by atoms with Crippen LogP contribution in [0.2, 0.25) is 0 Å². The summed E-state index contributed by atoms with van der Waals surface area (Å²) in [5.74, 6) is 0.527. The van der Waals surface area contributed by atoms with E-state index in [4.69, 9.17) is 15.2 Å². The lowest BCUT2D eigenvalue weighted by molar-refractivity contribution is -0.134. The minimum Gasteiger partial charge on any atom is -0.485 e. The number of carbonyl (C=O) groups is 1. The Hall–Kier alpha value is -1.85. The van der Waals surface area contributed by atoms with Crippen LogP contribution in [0, 0.1) is 0 Å². The van der Waals surface area contributed by atoms with Gasteiger partial charge in [0.15, 0.2) is 11.5 Å². The van der Waals surface area contributed by atoms with Gasteiger partial charge in [0, 0.05) is 10.5 Å². The zero-order chi connectivity index (χ0) is 15.9. The molecule has 0 spiro atoms. The number of hydrogen-bond donors (Lipinski definition) is 1. The first kappa shape index (κ1) is 16.5. The topological polar surface area (TPSA) is 61.6 Å². The smallest absolute Gasteiger partial charge is 0.312 e. The molecule has 2 aromatic rings. The van der Waals surface area contributed by atoms with E-state index in [1.807, 2.05) is 36.4 Å². The highest BCUT2D eigenvalue weighted by molar-refractivity contribution is 9.10. The van der Waals surface area contributed by atoms with Crippen LogP contribution in [0.25, 0.3) is 0 Å². The average Bonchev–Trinajstić information content (AvgIpc) is 2.46. The first-order valence-electron chi connectivity index (χ1n) is 6.97. The summed E-state index contributed by atoms with van der Waals surface area (Å²) in [6.07, 6.45) is 0.157. The number of nitrogens with two attached hydrogens (primary N) is 1. The third-order valence-corrected chi connectivity index (χ3v) is 3.35. The van der Waals surface area contributed by atoms with Crippen LogP contribution in [-0.4, -0.2) is 12.0 Å². The molecule has 2 rings (SSSR count). The summed E-state index contributed by atoms with van der Waals surface area (Å²) in [6, 6.07) is 14.9. The predicted octanol–water partition coefficient (Wildman–Crippen LogP) is 3.67. The summed E-state index contributed by atoms with van der Waals surface area (Å²) in [7, 11) is 0. The van der Waals surface area contributed by atoms with Gasteiger partial charge in [0.2, 0.25) is 0 Å². The Morgan fingerprint density at radius 2 is 1.91 bits per heavy atom. The Bertz CT molecular complexity index is 629. The number of ether oxygens (including phenoxy) is 2. The Labute approximate surface area is 138 Å². The minimum atomic E-state index is -0.377. The summed E-state index contributed by atoms with van der Waals surface area (Å²) in [4.78, 5) is 11.8. The Morgan fingerprint density at radius 1 is 1.18 bits per heavy atom. The second-order valence-corrected chi connectivity index (χ2v) is 5.94. The van der Waals surface area contributed by atoms with Gasteiger partial charge in [0.05, 0.1) is 6.42 Å². The molecule has 0 aliphatic rings. The molecule has 0 aliphatic carbocycles. The minimum absolute atomic E-state index is 0.157. The zero-order valence-corrected chi connectivity index (χ0v) is 13.9. The molecule has 5 heteroatoms. The highest BCUT2D eigenvalue weighted by atomic mass is 79.9. The molecule has 0 saturated heterocycles. The molecular formula is C17H18BrNO3. The van der Waals surface area contributed by atoms with Crippen molar-refractivity contribution in [2.45, 2.75) is 26.0 Å². The van der Waals surface area contributed by atoms with Gasteiger partial charge in [-0.15, -0.1) is 0 Å². The molecule has 1 atom stereocenters. The SMILES string of the molecule is CC(N)CC(=O)Oc1cc(Br)ccc1OCc1ccccc1. The molecule has 0 aromatic heterocycles. The third kappa shape index (κ3) is 5.16. The van der Waals surface area contributed by atoms with Crippen LogP contribution in [-0.2, 0) is 11.4 Å². The standard InChI is InChI=1S/C17H18BrNO3/c1-12(19)9-17(20)22-16-10-14(18)7-8-15(16)21-11-13-5-3-2-4-6-13/h2-8,10,12H,9,11,19H2,1H3. The van der Waals surface area contributed by atoms with Gasteiger partial charge in [-0.25, -0.2) is 0 Å². The number of carbonyl (C=O) groups excluding carboxylic acids is 1. The van der Waals surface area contributed by atoms with Gasteiger partial charge in [-0.1, -0.05) is 46.3 Å². The fraction of sp³-hybridized carbons (Fsp3) is 0.235. The number of benzene rings is 2. The van der Waals surface area contributed by atoms with E-state index < -0.39 is 0 Å². The fourth-order valence-corrected chi connectivity index (χ4v) is 2.18. The van der Waals surface area contributed by atoms with Crippen LogP contribution >= 0.6 is 15.9 Å². The van der Waals surface area contributed by atoms with Crippen LogP contribution in [0.5, 0.6) is 11.5 Å². The summed E-state index contributed by atoms with van der Waals surface area (Å²) in [5.41, 5.74) is 6.65. The van der Waals surface area contributed by atoms with Crippen molar-refractivity contribution in [3.63, 3.8) is 0 Å². The van der Waals surface area contributed by atoms with Crippen molar-refractivity contribution in [3.8, 4) is 11.5 Å². The van der Waals surface area contributed by atoms with Gasteiger partial charge >= 0.3 is 5.97 Å². The fourth-order valence-electron chi connectivity index (χ4n) is 1.84. The van der Waals surface area contributed by atoms with E-state index >= 15 is 0 Å². The lowest BCUT2D eigenvalue weighted by Crippen LogP contribution is -2.22. The summed E-state index contributed by atoms with van der Waals surface area (Å²) < 4.78 is 11.9. The molecule has 1 unspecified atom stereocenters. The molecule has 116 valence electrons. The molecule has 0 radical (unpaired) electrons. The van der Waals surface area contributed by atoms with Crippen LogP contribution in [0.1, 0.15) is 18.9 Å². The van der Waals surface area contributed by atoms with Gasteiger partial charge in [-0.05, 0) is 30.7 Å². The number of halogens is 1. The van der Waals surface area contributed by atoms with E-state index in [1.165, 1.54) is 0 Å². The maximum atomic E-state index is 11.8. The number of hydrogen-bond acceptors (Lipinski definition) is 4. The molecule has 4 nitrogen and oxygen atoms in total. The highest BCUT2D eigenvalue weighted by Gasteiger charge is 2.13. The van der Waals surface area contributed by atoms with Crippen molar-refractivity contribution in [1.29, 1.82) is 0 Å². The first-order chi connectivity index (χ1) is 10.5. The van der Waals surface area contributed by atoms with Gasteiger partial charge in [0.25, 0.3) is 0 Å². The van der Waals surface area contributed by atoms with Gasteiger partial charge in [-0.2, -0.15) is 0 Å². The van der Waals surface area contributed by atoms with E-state index in [0.29, 0.717) is 18.1 Å². The van der Waals surface area contributed by atoms with Crippen molar-refractivity contribution < 1.29 is 14.3 Å². The van der Waals surface area contributed by atoms with Crippen LogP contribution in [0.15, 0.2) is 53.0 Å². The quantitative estimate of drug-likeness (QED) is 0.628. The Balaban J connectivity index is 2.08. The molecule has 0 heterocycles. The largest absolute Gasteiger partial charge is 0.485 e. The second kappa shape index (κ2) is 7.96. The monoisotopic (exact) mass is 363 g/mol. The van der Waals surface area contributed by atoms with E-state index in [2.05, 4.69) is 15.9 Å². The molecule has 0 aliphatic heterocycles. The summed E-state index contributed by atoms with van der Waals surface area (Å²) in [5, 5.41) is 0. The molecule has 0 amide bonds. The lowest BCUT2D eigenvalue weighted by atomic mass is 10.2. The van der Waals surface area contributed by atoms with Crippen molar-refractivity contribution in [1.82, 2.24) is 0 Å².